The Morgan fingerprint density at radius 3 is 2.75 bits per heavy atom. The van der Waals surface area contributed by atoms with Crippen molar-refractivity contribution in [2.45, 2.75) is 26.3 Å². The Hall–Kier alpha value is -0.540. The summed E-state index contributed by atoms with van der Waals surface area (Å²) in [5.41, 5.74) is 1.27. The van der Waals surface area contributed by atoms with Crippen molar-refractivity contribution in [1.29, 1.82) is 0 Å². The SMILES string of the molecule is CNC(C)/C(C)=C\NCCCO. The molecule has 1 unspecified atom stereocenters. The van der Waals surface area contributed by atoms with Crippen LogP contribution in [0.4, 0.5) is 0 Å². The summed E-state index contributed by atoms with van der Waals surface area (Å²) in [7, 11) is 1.94. The molecular formula is C9H20N2O. The zero-order chi connectivity index (χ0) is 9.40. The lowest BCUT2D eigenvalue weighted by Gasteiger charge is -2.10. The summed E-state index contributed by atoms with van der Waals surface area (Å²) in [6.07, 6.45) is 2.80. The van der Waals surface area contributed by atoms with Gasteiger partial charge in [-0.3, -0.25) is 0 Å². The standard InChI is InChI=1S/C9H20N2O/c1-8(9(2)10-3)7-11-5-4-6-12/h7,9-12H,4-6H2,1-3H3/b8-7-. The third-order valence-electron chi connectivity index (χ3n) is 1.92. The van der Waals surface area contributed by atoms with Crippen molar-refractivity contribution in [3.05, 3.63) is 11.8 Å². The molecule has 3 heteroatoms. The molecular weight excluding hydrogens is 152 g/mol. The first kappa shape index (κ1) is 11.5. The van der Waals surface area contributed by atoms with Gasteiger partial charge in [-0.15, -0.1) is 0 Å². The third kappa shape index (κ3) is 5.16. The second kappa shape index (κ2) is 7.13. The minimum Gasteiger partial charge on any atom is -0.396 e. The summed E-state index contributed by atoms with van der Waals surface area (Å²) in [6, 6.07) is 0.409. The molecule has 72 valence electrons. The van der Waals surface area contributed by atoms with Crippen molar-refractivity contribution < 1.29 is 5.11 Å². The van der Waals surface area contributed by atoms with Gasteiger partial charge in [0.2, 0.25) is 0 Å². The highest BCUT2D eigenvalue weighted by molar-refractivity contribution is 5.04. The number of aliphatic hydroxyl groups is 1. The van der Waals surface area contributed by atoms with Crippen LogP contribution in [0.3, 0.4) is 0 Å². The first-order valence-electron chi connectivity index (χ1n) is 4.40. The second-order valence-corrected chi connectivity index (χ2v) is 2.93. The summed E-state index contributed by atoms with van der Waals surface area (Å²) < 4.78 is 0. The van der Waals surface area contributed by atoms with Crippen molar-refractivity contribution in [2.75, 3.05) is 20.2 Å². The van der Waals surface area contributed by atoms with Crippen LogP contribution >= 0.6 is 0 Å². The Bertz CT molecular complexity index is 134. The van der Waals surface area contributed by atoms with Gasteiger partial charge in [-0.1, -0.05) is 0 Å². The molecule has 1 atom stereocenters. The highest BCUT2D eigenvalue weighted by atomic mass is 16.3. The largest absolute Gasteiger partial charge is 0.396 e. The topological polar surface area (TPSA) is 44.3 Å². The van der Waals surface area contributed by atoms with Gasteiger partial charge in [0.1, 0.15) is 0 Å². The van der Waals surface area contributed by atoms with Crippen molar-refractivity contribution in [3.8, 4) is 0 Å². The lowest BCUT2D eigenvalue weighted by molar-refractivity contribution is 0.288. The molecule has 0 aliphatic heterocycles. The molecule has 0 saturated heterocycles. The van der Waals surface area contributed by atoms with Crippen LogP contribution in [0.1, 0.15) is 20.3 Å². The Morgan fingerprint density at radius 1 is 1.58 bits per heavy atom. The highest BCUT2D eigenvalue weighted by Crippen LogP contribution is 1.96. The fourth-order valence-corrected chi connectivity index (χ4v) is 0.767. The number of aliphatic hydroxyl groups excluding tert-OH is 1. The molecule has 0 rings (SSSR count). The van der Waals surface area contributed by atoms with Gasteiger partial charge < -0.3 is 15.7 Å². The Balaban J connectivity index is 3.54. The molecule has 12 heavy (non-hydrogen) atoms. The molecule has 3 nitrogen and oxygen atoms in total. The second-order valence-electron chi connectivity index (χ2n) is 2.93. The van der Waals surface area contributed by atoms with E-state index in [0.29, 0.717) is 6.04 Å². The van der Waals surface area contributed by atoms with Crippen molar-refractivity contribution in [1.82, 2.24) is 10.6 Å². The maximum Gasteiger partial charge on any atom is 0.0447 e. The van der Waals surface area contributed by atoms with E-state index in [9.17, 15) is 0 Å². The number of nitrogens with one attached hydrogen (secondary N) is 2. The van der Waals surface area contributed by atoms with E-state index in [-0.39, 0.29) is 6.61 Å². The predicted octanol–water partition coefficient (Wildman–Crippen LogP) is 0.470. The van der Waals surface area contributed by atoms with Gasteiger partial charge in [0, 0.05) is 19.2 Å². The average molecular weight is 172 g/mol. The van der Waals surface area contributed by atoms with E-state index in [1.807, 2.05) is 13.2 Å². The predicted molar refractivity (Wildman–Crippen MR) is 52.0 cm³/mol. The number of hydrogen-bond acceptors (Lipinski definition) is 3. The number of likely N-dealkylation sites (N-methyl/N-ethyl adjacent to an activating group) is 1. The summed E-state index contributed by atoms with van der Waals surface area (Å²) in [5.74, 6) is 0. The third-order valence-corrected chi connectivity index (χ3v) is 1.92. The van der Waals surface area contributed by atoms with Gasteiger partial charge in [-0.2, -0.15) is 0 Å². The number of rotatable bonds is 6. The Labute approximate surface area is 74.9 Å². The van der Waals surface area contributed by atoms with Crippen LogP contribution in [0.5, 0.6) is 0 Å². The van der Waals surface area contributed by atoms with Crippen LogP contribution in [0.15, 0.2) is 11.8 Å². The van der Waals surface area contributed by atoms with Crippen LogP contribution in [0.25, 0.3) is 0 Å². The van der Waals surface area contributed by atoms with E-state index in [1.54, 1.807) is 0 Å². The van der Waals surface area contributed by atoms with Crippen LogP contribution in [-0.2, 0) is 0 Å². The molecule has 0 amide bonds. The molecule has 0 aromatic heterocycles. The van der Waals surface area contributed by atoms with Crippen molar-refractivity contribution in [3.63, 3.8) is 0 Å². The normalized spacial score (nSPS) is 14.5. The maximum absolute atomic E-state index is 8.51. The van der Waals surface area contributed by atoms with E-state index in [1.165, 1.54) is 5.57 Å². The molecule has 0 aliphatic rings. The van der Waals surface area contributed by atoms with Crippen LogP contribution in [-0.4, -0.2) is 31.3 Å². The smallest absolute Gasteiger partial charge is 0.0447 e. The molecule has 0 bridgehead atoms. The van der Waals surface area contributed by atoms with Gasteiger partial charge in [0.15, 0.2) is 0 Å². The van der Waals surface area contributed by atoms with E-state index in [2.05, 4.69) is 24.5 Å². The van der Waals surface area contributed by atoms with Crippen molar-refractivity contribution in [2.24, 2.45) is 0 Å². The van der Waals surface area contributed by atoms with Crippen molar-refractivity contribution >= 4 is 0 Å². The molecule has 0 heterocycles. The summed E-state index contributed by atoms with van der Waals surface area (Å²) in [4.78, 5) is 0. The molecule has 3 N–H and O–H groups in total. The molecule has 0 aromatic rings. The fraction of sp³-hybridized carbons (Fsp3) is 0.778. The quantitative estimate of drug-likeness (QED) is 0.510. The van der Waals surface area contributed by atoms with Crippen LogP contribution in [0.2, 0.25) is 0 Å². The first-order chi connectivity index (χ1) is 5.72. The molecule has 0 saturated carbocycles. The minimum absolute atomic E-state index is 0.251. The summed E-state index contributed by atoms with van der Waals surface area (Å²) >= 11 is 0. The lowest BCUT2D eigenvalue weighted by atomic mass is 10.2. The monoisotopic (exact) mass is 172 g/mol. The van der Waals surface area contributed by atoms with Gasteiger partial charge in [0.25, 0.3) is 0 Å². The molecule has 0 aliphatic carbocycles. The Kier molecular flexibility index (Phi) is 6.81. The molecule has 0 aromatic carbocycles. The maximum atomic E-state index is 8.51. The molecule has 0 fully saturated rings. The minimum atomic E-state index is 0.251. The summed E-state index contributed by atoms with van der Waals surface area (Å²) in [5, 5.41) is 14.8. The van der Waals surface area contributed by atoms with E-state index >= 15 is 0 Å². The van der Waals surface area contributed by atoms with Gasteiger partial charge >= 0.3 is 0 Å². The summed E-state index contributed by atoms with van der Waals surface area (Å²) in [6.45, 7) is 5.28. The van der Waals surface area contributed by atoms with Gasteiger partial charge in [0.05, 0.1) is 0 Å². The zero-order valence-electron chi connectivity index (χ0n) is 8.22. The first-order valence-corrected chi connectivity index (χ1v) is 4.40. The average Bonchev–Trinajstić information content (AvgIpc) is 2.10. The van der Waals surface area contributed by atoms with Gasteiger partial charge in [-0.05, 0) is 39.1 Å². The van der Waals surface area contributed by atoms with E-state index < -0.39 is 0 Å². The van der Waals surface area contributed by atoms with Gasteiger partial charge in [-0.25, -0.2) is 0 Å². The van der Waals surface area contributed by atoms with E-state index in [4.69, 9.17) is 5.11 Å². The fourth-order valence-electron chi connectivity index (χ4n) is 0.767. The molecule has 0 spiro atoms. The highest BCUT2D eigenvalue weighted by Gasteiger charge is 1.97. The number of hydrogen-bond donors (Lipinski definition) is 3. The van der Waals surface area contributed by atoms with Crippen LogP contribution in [0, 0.1) is 0 Å². The Morgan fingerprint density at radius 2 is 2.25 bits per heavy atom. The van der Waals surface area contributed by atoms with Crippen LogP contribution < -0.4 is 10.6 Å². The lowest BCUT2D eigenvalue weighted by Crippen LogP contribution is -2.23. The molecule has 0 radical (unpaired) electrons. The zero-order valence-corrected chi connectivity index (χ0v) is 8.22. The van der Waals surface area contributed by atoms with E-state index in [0.717, 1.165) is 13.0 Å².